The molecule has 104 valence electrons. The minimum Gasteiger partial charge on any atom is -0.346 e. The van der Waals surface area contributed by atoms with Crippen molar-refractivity contribution in [1.82, 2.24) is 24.9 Å². The second-order valence-corrected chi connectivity index (χ2v) is 4.99. The van der Waals surface area contributed by atoms with Crippen LogP contribution in [0.25, 0.3) is 10.9 Å². The summed E-state index contributed by atoms with van der Waals surface area (Å²) in [6.45, 7) is 4.77. The van der Waals surface area contributed by atoms with E-state index in [2.05, 4.69) is 58.4 Å². The summed E-state index contributed by atoms with van der Waals surface area (Å²) in [6.07, 6.45) is 3.58. The topological polar surface area (TPSA) is 47.7 Å². The zero-order valence-electron chi connectivity index (χ0n) is 11.9. The third-order valence-corrected chi connectivity index (χ3v) is 3.79. The maximum atomic E-state index is 3.95. The lowest BCUT2D eigenvalue weighted by Crippen LogP contribution is -2.21. The fourth-order valence-corrected chi connectivity index (χ4v) is 2.64. The van der Waals surface area contributed by atoms with Crippen LogP contribution in [-0.4, -0.2) is 26.1 Å². The third kappa shape index (κ3) is 2.32. The van der Waals surface area contributed by atoms with Gasteiger partial charge in [-0.3, -0.25) is 4.68 Å². The number of aryl methyl sites for hydroxylation is 2. The zero-order chi connectivity index (χ0) is 13.9. The SMILES string of the molecule is Cc1c(CNCCn2ccnn2)n(C)c2ccccc12. The molecule has 0 amide bonds. The van der Waals surface area contributed by atoms with E-state index in [0.29, 0.717) is 0 Å². The predicted molar refractivity (Wildman–Crippen MR) is 79.4 cm³/mol. The van der Waals surface area contributed by atoms with Gasteiger partial charge in [0.1, 0.15) is 0 Å². The van der Waals surface area contributed by atoms with E-state index in [1.54, 1.807) is 6.20 Å². The summed E-state index contributed by atoms with van der Waals surface area (Å²) in [4.78, 5) is 0. The lowest BCUT2D eigenvalue weighted by Gasteiger charge is -2.08. The number of aromatic nitrogens is 4. The summed E-state index contributed by atoms with van der Waals surface area (Å²) in [5.41, 5.74) is 3.99. The maximum absolute atomic E-state index is 3.95. The predicted octanol–water partition coefficient (Wildman–Crippen LogP) is 1.87. The fourth-order valence-electron chi connectivity index (χ4n) is 2.64. The first-order valence-corrected chi connectivity index (χ1v) is 6.85. The number of fused-ring (bicyclic) bond motifs is 1. The van der Waals surface area contributed by atoms with E-state index in [4.69, 9.17) is 0 Å². The van der Waals surface area contributed by atoms with E-state index in [-0.39, 0.29) is 0 Å². The molecule has 0 saturated heterocycles. The Labute approximate surface area is 118 Å². The molecule has 5 heteroatoms. The van der Waals surface area contributed by atoms with Crippen LogP contribution in [0.5, 0.6) is 0 Å². The number of para-hydroxylation sites is 1. The molecule has 0 aliphatic rings. The van der Waals surface area contributed by atoms with Gasteiger partial charge < -0.3 is 9.88 Å². The molecule has 0 radical (unpaired) electrons. The highest BCUT2D eigenvalue weighted by molar-refractivity contribution is 5.85. The number of rotatable bonds is 5. The molecule has 3 aromatic rings. The number of hydrogen-bond acceptors (Lipinski definition) is 3. The van der Waals surface area contributed by atoms with E-state index in [1.165, 1.54) is 22.2 Å². The van der Waals surface area contributed by atoms with E-state index in [1.807, 2.05) is 10.9 Å². The molecular formula is C15H19N5. The Balaban J connectivity index is 1.68. The summed E-state index contributed by atoms with van der Waals surface area (Å²) in [5, 5.41) is 12.6. The van der Waals surface area contributed by atoms with Gasteiger partial charge in [-0.25, -0.2) is 0 Å². The molecule has 1 aromatic carbocycles. The quantitative estimate of drug-likeness (QED) is 0.719. The minimum atomic E-state index is 0.836. The molecule has 0 unspecified atom stereocenters. The third-order valence-electron chi connectivity index (χ3n) is 3.79. The first-order valence-electron chi connectivity index (χ1n) is 6.85. The molecule has 0 atom stereocenters. The van der Waals surface area contributed by atoms with Gasteiger partial charge in [-0.15, -0.1) is 5.10 Å². The summed E-state index contributed by atoms with van der Waals surface area (Å²) in [7, 11) is 2.13. The molecule has 0 bridgehead atoms. The lowest BCUT2D eigenvalue weighted by atomic mass is 10.1. The highest BCUT2D eigenvalue weighted by Gasteiger charge is 2.10. The van der Waals surface area contributed by atoms with Crippen molar-refractivity contribution in [2.75, 3.05) is 6.54 Å². The molecule has 1 N–H and O–H groups in total. The number of nitrogens with one attached hydrogen (secondary N) is 1. The van der Waals surface area contributed by atoms with Crippen LogP contribution < -0.4 is 5.32 Å². The average Bonchev–Trinajstić information content (AvgIpc) is 3.06. The molecule has 3 rings (SSSR count). The van der Waals surface area contributed by atoms with E-state index in [9.17, 15) is 0 Å². The van der Waals surface area contributed by atoms with Gasteiger partial charge in [0, 0.05) is 42.9 Å². The highest BCUT2D eigenvalue weighted by Crippen LogP contribution is 2.24. The Morgan fingerprint density at radius 2 is 2.10 bits per heavy atom. The van der Waals surface area contributed by atoms with Crippen LogP contribution in [0.2, 0.25) is 0 Å². The van der Waals surface area contributed by atoms with Crippen molar-refractivity contribution in [3.8, 4) is 0 Å². The molecule has 20 heavy (non-hydrogen) atoms. The van der Waals surface area contributed by atoms with E-state index >= 15 is 0 Å². The van der Waals surface area contributed by atoms with E-state index in [0.717, 1.165) is 19.6 Å². The van der Waals surface area contributed by atoms with Gasteiger partial charge in [0.2, 0.25) is 0 Å². The molecule has 5 nitrogen and oxygen atoms in total. The molecule has 0 saturated carbocycles. The summed E-state index contributed by atoms with van der Waals surface area (Å²) >= 11 is 0. The second kappa shape index (κ2) is 5.46. The van der Waals surface area contributed by atoms with Gasteiger partial charge >= 0.3 is 0 Å². The van der Waals surface area contributed by atoms with Gasteiger partial charge in [0.25, 0.3) is 0 Å². The highest BCUT2D eigenvalue weighted by atomic mass is 15.4. The van der Waals surface area contributed by atoms with Crippen LogP contribution in [-0.2, 0) is 20.1 Å². The molecular weight excluding hydrogens is 250 g/mol. The summed E-state index contributed by atoms with van der Waals surface area (Å²) < 4.78 is 4.11. The summed E-state index contributed by atoms with van der Waals surface area (Å²) in [6, 6.07) is 8.53. The molecule has 0 fully saturated rings. The Kier molecular flexibility index (Phi) is 3.52. The Morgan fingerprint density at radius 1 is 1.25 bits per heavy atom. The van der Waals surface area contributed by atoms with Crippen molar-refractivity contribution < 1.29 is 0 Å². The zero-order valence-corrected chi connectivity index (χ0v) is 11.9. The Morgan fingerprint density at radius 3 is 2.85 bits per heavy atom. The average molecular weight is 269 g/mol. The molecule has 0 spiro atoms. The monoisotopic (exact) mass is 269 g/mol. The van der Waals surface area contributed by atoms with E-state index < -0.39 is 0 Å². The largest absolute Gasteiger partial charge is 0.346 e. The minimum absolute atomic E-state index is 0.836. The van der Waals surface area contributed by atoms with Gasteiger partial charge in [0.15, 0.2) is 0 Å². The van der Waals surface area contributed by atoms with Crippen molar-refractivity contribution in [3.05, 3.63) is 47.9 Å². The molecule has 0 aliphatic heterocycles. The van der Waals surface area contributed by atoms with Crippen LogP contribution in [0.1, 0.15) is 11.3 Å². The van der Waals surface area contributed by atoms with Crippen LogP contribution in [0, 0.1) is 6.92 Å². The van der Waals surface area contributed by atoms with Crippen LogP contribution >= 0.6 is 0 Å². The van der Waals surface area contributed by atoms with Crippen molar-refractivity contribution in [2.24, 2.45) is 7.05 Å². The van der Waals surface area contributed by atoms with Gasteiger partial charge in [0.05, 0.1) is 12.7 Å². The van der Waals surface area contributed by atoms with Crippen molar-refractivity contribution in [1.29, 1.82) is 0 Å². The molecule has 2 heterocycles. The molecule has 2 aromatic heterocycles. The van der Waals surface area contributed by atoms with Crippen molar-refractivity contribution >= 4 is 10.9 Å². The Hall–Kier alpha value is -2.14. The first kappa shape index (κ1) is 12.9. The number of benzene rings is 1. The van der Waals surface area contributed by atoms with Gasteiger partial charge in [-0.05, 0) is 18.6 Å². The van der Waals surface area contributed by atoms with Gasteiger partial charge in [-0.2, -0.15) is 0 Å². The fraction of sp³-hybridized carbons (Fsp3) is 0.333. The standard InChI is InChI=1S/C15H19N5/c1-12-13-5-3-4-6-14(13)19(2)15(12)11-16-7-9-20-10-8-17-18-20/h3-6,8,10,16H,7,9,11H2,1-2H3. The molecule has 0 aliphatic carbocycles. The van der Waals surface area contributed by atoms with Crippen LogP contribution in [0.3, 0.4) is 0 Å². The maximum Gasteiger partial charge on any atom is 0.0692 e. The first-order chi connectivity index (χ1) is 9.77. The van der Waals surface area contributed by atoms with Crippen molar-refractivity contribution in [2.45, 2.75) is 20.0 Å². The smallest absolute Gasteiger partial charge is 0.0692 e. The Bertz CT molecular complexity index is 657. The summed E-state index contributed by atoms with van der Waals surface area (Å²) in [5.74, 6) is 0. The normalized spacial score (nSPS) is 11.3. The number of hydrogen-bond donors (Lipinski definition) is 1. The second-order valence-electron chi connectivity index (χ2n) is 4.99. The van der Waals surface area contributed by atoms with Crippen molar-refractivity contribution in [3.63, 3.8) is 0 Å². The van der Waals surface area contributed by atoms with Crippen LogP contribution in [0.15, 0.2) is 36.7 Å². The van der Waals surface area contributed by atoms with Gasteiger partial charge in [-0.1, -0.05) is 23.4 Å². The number of nitrogens with zero attached hydrogens (tertiary/aromatic N) is 4. The van der Waals surface area contributed by atoms with Crippen LogP contribution in [0.4, 0.5) is 0 Å². The lowest BCUT2D eigenvalue weighted by molar-refractivity contribution is 0.534.